The molecule has 0 saturated carbocycles. The zero-order chi connectivity index (χ0) is 8.97. The Kier molecular flexibility index (Phi) is 2.88. The monoisotopic (exact) mass is 160 g/mol. The number of carbonyl (C=O) groups excluding carboxylic acids is 1. The molecule has 0 bridgehead atoms. The molecule has 0 aromatic rings. The van der Waals surface area contributed by atoms with E-state index in [1.54, 1.807) is 0 Å². The van der Waals surface area contributed by atoms with Gasteiger partial charge in [-0.05, 0) is 31.8 Å². The molecular weight excluding hydrogens is 148 g/mol. The van der Waals surface area contributed by atoms with Crippen LogP contribution in [0.2, 0.25) is 0 Å². The molecule has 0 spiro atoms. The van der Waals surface area contributed by atoms with Crippen LogP contribution < -0.4 is 0 Å². The maximum Gasteiger partial charge on any atom is 0.146 e. The minimum atomic E-state index is 0.847. The Morgan fingerprint density at radius 2 is 2.33 bits per heavy atom. The molecule has 1 aliphatic carbocycles. The standard InChI is InChI=1S/C11H12O/c1-9(2)6-7-10-4-3-5-11(10)8-12/h8H,1,3-5H2,2H3. The van der Waals surface area contributed by atoms with Crippen molar-refractivity contribution in [3.05, 3.63) is 23.3 Å². The lowest BCUT2D eigenvalue weighted by molar-refractivity contribution is -0.105. The average molecular weight is 160 g/mol. The number of hydrogen-bond donors (Lipinski definition) is 0. The van der Waals surface area contributed by atoms with E-state index in [4.69, 9.17) is 0 Å². The summed E-state index contributed by atoms with van der Waals surface area (Å²) in [5, 5.41) is 0. The molecule has 12 heavy (non-hydrogen) atoms. The van der Waals surface area contributed by atoms with Crippen LogP contribution in [0.1, 0.15) is 26.2 Å². The molecule has 0 N–H and O–H groups in total. The van der Waals surface area contributed by atoms with Gasteiger partial charge in [-0.1, -0.05) is 18.4 Å². The third-order valence-electron chi connectivity index (χ3n) is 1.83. The van der Waals surface area contributed by atoms with Crippen LogP contribution in [0.5, 0.6) is 0 Å². The molecule has 0 aliphatic heterocycles. The van der Waals surface area contributed by atoms with Gasteiger partial charge in [0.1, 0.15) is 6.29 Å². The zero-order valence-electron chi connectivity index (χ0n) is 7.31. The molecule has 0 atom stereocenters. The number of allylic oxidation sites excluding steroid dienone is 3. The highest BCUT2D eigenvalue weighted by Gasteiger charge is 2.10. The highest BCUT2D eigenvalue weighted by atomic mass is 16.1. The summed E-state index contributed by atoms with van der Waals surface area (Å²) < 4.78 is 0. The molecule has 62 valence electrons. The summed E-state index contributed by atoms with van der Waals surface area (Å²) in [6, 6.07) is 0. The Bertz CT molecular complexity index is 297. The van der Waals surface area contributed by atoms with Crippen LogP contribution in [-0.4, -0.2) is 6.29 Å². The third kappa shape index (κ3) is 2.10. The van der Waals surface area contributed by atoms with Crippen molar-refractivity contribution in [1.82, 2.24) is 0 Å². The van der Waals surface area contributed by atoms with E-state index in [1.807, 2.05) is 6.92 Å². The zero-order valence-corrected chi connectivity index (χ0v) is 7.31. The van der Waals surface area contributed by atoms with Gasteiger partial charge in [-0.3, -0.25) is 4.79 Å². The van der Waals surface area contributed by atoms with E-state index in [0.29, 0.717) is 0 Å². The van der Waals surface area contributed by atoms with E-state index in [-0.39, 0.29) is 0 Å². The van der Waals surface area contributed by atoms with Gasteiger partial charge in [-0.15, -0.1) is 0 Å². The molecular formula is C11H12O. The molecule has 1 rings (SSSR count). The van der Waals surface area contributed by atoms with Crippen LogP contribution in [-0.2, 0) is 4.79 Å². The van der Waals surface area contributed by atoms with Crippen LogP contribution in [0.4, 0.5) is 0 Å². The van der Waals surface area contributed by atoms with Crippen molar-refractivity contribution >= 4 is 6.29 Å². The summed E-state index contributed by atoms with van der Waals surface area (Å²) in [4.78, 5) is 10.5. The summed E-state index contributed by atoms with van der Waals surface area (Å²) >= 11 is 0. The summed E-state index contributed by atoms with van der Waals surface area (Å²) in [5.74, 6) is 5.87. The minimum absolute atomic E-state index is 0.847. The first-order valence-corrected chi connectivity index (χ1v) is 4.09. The molecule has 1 nitrogen and oxygen atoms in total. The predicted molar refractivity (Wildman–Crippen MR) is 49.5 cm³/mol. The lowest BCUT2D eigenvalue weighted by atomic mass is 10.1. The lowest BCUT2D eigenvalue weighted by Gasteiger charge is -1.88. The largest absolute Gasteiger partial charge is 0.298 e. The number of carbonyl (C=O) groups is 1. The van der Waals surface area contributed by atoms with E-state index in [1.165, 1.54) is 0 Å². The van der Waals surface area contributed by atoms with Gasteiger partial charge in [-0.25, -0.2) is 0 Å². The maximum absolute atomic E-state index is 10.5. The second kappa shape index (κ2) is 3.92. The van der Waals surface area contributed by atoms with E-state index in [9.17, 15) is 4.79 Å². The summed E-state index contributed by atoms with van der Waals surface area (Å²) in [5.41, 5.74) is 2.73. The maximum atomic E-state index is 10.5. The Balaban J connectivity index is 2.82. The number of rotatable bonds is 1. The normalized spacial score (nSPS) is 15.4. The van der Waals surface area contributed by atoms with Gasteiger partial charge in [0, 0.05) is 11.1 Å². The molecule has 0 unspecified atom stereocenters. The van der Waals surface area contributed by atoms with Crippen molar-refractivity contribution in [2.24, 2.45) is 0 Å². The highest BCUT2D eigenvalue weighted by molar-refractivity contribution is 5.77. The average Bonchev–Trinajstić information content (AvgIpc) is 2.47. The molecule has 1 heteroatoms. The Hall–Kier alpha value is -1.29. The predicted octanol–water partition coefficient (Wildman–Crippen LogP) is 2.25. The first kappa shape index (κ1) is 8.80. The van der Waals surface area contributed by atoms with Crippen molar-refractivity contribution in [1.29, 1.82) is 0 Å². The van der Waals surface area contributed by atoms with Crippen molar-refractivity contribution in [3.8, 4) is 11.8 Å². The fourth-order valence-corrected chi connectivity index (χ4v) is 1.22. The molecule has 0 saturated heterocycles. The van der Waals surface area contributed by atoms with Gasteiger partial charge in [0.15, 0.2) is 0 Å². The van der Waals surface area contributed by atoms with Gasteiger partial charge in [0.2, 0.25) is 0 Å². The molecule has 0 radical (unpaired) electrons. The van der Waals surface area contributed by atoms with Crippen molar-refractivity contribution < 1.29 is 4.79 Å². The molecule has 0 aromatic carbocycles. The quantitative estimate of drug-likeness (QED) is 0.424. The van der Waals surface area contributed by atoms with Crippen LogP contribution in [0.15, 0.2) is 23.3 Å². The fraction of sp³-hybridized carbons (Fsp3) is 0.364. The van der Waals surface area contributed by atoms with Crippen molar-refractivity contribution in [2.75, 3.05) is 0 Å². The lowest BCUT2D eigenvalue weighted by Crippen LogP contribution is -1.81. The topological polar surface area (TPSA) is 17.1 Å². The van der Waals surface area contributed by atoms with Crippen LogP contribution in [0.25, 0.3) is 0 Å². The van der Waals surface area contributed by atoms with Crippen molar-refractivity contribution in [3.63, 3.8) is 0 Å². The molecule has 1 aliphatic rings. The summed E-state index contributed by atoms with van der Waals surface area (Å²) in [7, 11) is 0. The molecule has 0 fully saturated rings. The first-order valence-electron chi connectivity index (χ1n) is 4.09. The van der Waals surface area contributed by atoms with E-state index in [0.717, 1.165) is 42.3 Å². The molecule has 0 aromatic heterocycles. The van der Waals surface area contributed by atoms with Gasteiger partial charge >= 0.3 is 0 Å². The van der Waals surface area contributed by atoms with Gasteiger partial charge in [0.05, 0.1) is 0 Å². The Labute approximate surface area is 73.2 Å². The van der Waals surface area contributed by atoms with Crippen LogP contribution in [0.3, 0.4) is 0 Å². The van der Waals surface area contributed by atoms with Gasteiger partial charge < -0.3 is 0 Å². The fourth-order valence-electron chi connectivity index (χ4n) is 1.22. The third-order valence-corrected chi connectivity index (χ3v) is 1.83. The number of aldehydes is 1. The van der Waals surface area contributed by atoms with E-state index in [2.05, 4.69) is 18.4 Å². The minimum Gasteiger partial charge on any atom is -0.298 e. The highest BCUT2D eigenvalue weighted by Crippen LogP contribution is 2.23. The van der Waals surface area contributed by atoms with Gasteiger partial charge in [-0.2, -0.15) is 0 Å². The summed E-state index contributed by atoms with van der Waals surface area (Å²) in [6.07, 6.45) is 3.84. The first-order chi connectivity index (χ1) is 5.74. The van der Waals surface area contributed by atoms with E-state index >= 15 is 0 Å². The SMILES string of the molecule is C=C(C)C#CC1=C(C=O)CCC1. The molecule has 0 heterocycles. The summed E-state index contributed by atoms with van der Waals surface area (Å²) in [6.45, 7) is 5.55. The molecule has 0 amide bonds. The van der Waals surface area contributed by atoms with Crippen LogP contribution >= 0.6 is 0 Å². The second-order valence-electron chi connectivity index (χ2n) is 3.01. The Morgan fingerprint density at radius 3 is 2.92 bits per heavy atom. The Morgan fingerprint density at radius 1 is 1.58 bits per heavy atom. The van der Waals surface area contributed by atoms with Crippen LogP contribution in [0, 0.1) is 11.8 Å². The van der Waals surface area contributed by atoms with E-state index < -0.39 is 0 Å². The second-order valence-corrected chi connectivity index (χ2v) is 3.01. The smallest absolute Gasteiger partial charge is 0.146 e. The number of hydrogen-bond acceptors (Lipinski definition) is 1. The van der Waals surface area contributed by atoms with Gasteiger partial charge in [0.25, 0.3) is 0 Å². The van der Waals surface area contributed by atoms with Crippen molar-refractivity contribution in [2.45, 2.75) is 26.2 Å².